The molecule has 1 heterocycles. The Morgan fingerprint density at radius 3 is 2.30 bits per heavy atom. The predicted molar refractivity (Wildman–Crippen MR) is 91.6 cm³/mol. The van der Waals surface area contributed by atoms with Gasteiger partial charge in [-0.15, -0.1) is 0 Å². The van der Waals surface area contributed by atoms with E-state index in [-0.39, 0.29) is 5.97 Å². The molecule has 2 aromatic rings. The molecule has 4 nitrogen and oxygen atoms in total. The van der Waals surface area contributed by atoms with Gasteiger partial charge in [0.1, 0.15) is 0 Å². The van der Waals surface area contributed by atoms with E-state index in [2.05, 4.69) is 0 Å². The molecule has 0 spiro atoms. The van der Waals surface area contributed by atoms with Crippen molar-refractivity contribution < 1.29 is 9.53 Å². The maximum Gasteiger partial charge on any atom is 0.333 e. The molecule has 3 rings (SSSR count). The molecule has 2 aromatic carbocycles. The molecule has 23 heavy (non-hydrogen) atoms. The molecule has 0 bridgehead atoms. The quantitative estimate of drug-likeness (QED) is 0.813. The first-order chi connectivity index (χ1) is 11.1. The van der Waals surface area contributed by atoms with Gasteiger partial charge in [0.2, 0.25) is 0 Å². The van der Waals surface area contributed by atoms with Gasteiger partial charge in [0.25, 0.3) is 0 Å². The Balaban J connectivity index is 2.07. The maximum atomic E-state index is 12.4. The van der Waals surface area contributed by atoms with Crippen molar-refractivity contribution in [3.63, 3.8) is 0 Å². The van der Waals surface area contributed by atoms with Gasteiger partial charge in [0.15, 0.2) is 5.54 Å². The molecule has 0 N–H and O–H groups in total. The summed E-state index contributed by atoms with van der Waals surface area (Å²) >= 11 is 0. The molecule has 0 aromatic heterocycles. The van der Waals surface area contributed by atoms with Gasteiger partial charge >= 0.3 is 5.97 Å². The Labute approximate surface area is 136 Å². The number of esters is 1. The zero-order valence-corrected chi connectivity index (χ0v) is 13.4. The number of anilines is 1. The van der Waals surface area contributed by atoms with Crippen LogP contribution in [0.2, 0.25) is 0 Å². The molecule has 0 saturated heterocycles. The molecule has 0 amide bonds. The second-order valence-electron chi connectivity index (χ2n) is 5.83. The number of hydrazone groups is 1. The van der Waals surface area contributed by atoms with Crippen LogP contribution < -0.4 is 5.01 Å². The lowest BCUT2D eigenvalue weighted by Crippen LogP contribution is -2.53. The Morgan fingerprint density at radius 1 is 1.09 bits per heavy atom. The van der Waals surface area contributed by atoms with Gasteiger partial charge in [-0.05, 0) is 37.5 Å². The van der Waals surface area contributed by atoms with E-state index in [9.17, 15) is 4.79 Å². The van der Waals surface area contributed by atoms with Crippen LogP contribution >= 0.6 is 0 Å². The van der Waals surface area contributed by atoms with Crippen LogP contribution in [0.1, 0.15) is 25.3 Å². The summed E-state index contributed by atoms with van der Waals surface area (Å²) < 4.78 is 5.04. The minimum atomic E-state index is -0.797. The summed E-state index contributed by atoms with van der Waals surface area (Å²) in [5.41, 5.74) is 2.15. The highest BCUT2D eigenvalue weighted by Crippen LogP contribution is 2.34. The first-order valence-electron chi connectivity index (χ1n) is 7.72. The van der Waals surface area contributed by atoms with E-state index in [1.54, 1.807) is 5.01 Å². The van der Waals surface area contributed by atoms with Gasteiger partial charge in [0, 0.05) is 0 Å². The summed E-state index contributed by atoms with van der Waals surface area (Å²) in [6.45, 7) is 1.89. The summed E-state index contributed by atoms with van der Waals surface area (Å²) in [7, 11) is 1.42. The predicted octanol–water partition coefficient (Wildman–Crippen LogP) is 3.62. The number of ether oxygens (including phenoxy) is 1. The SMILES string of the molecule is COC(=O)C1(C)CCC(c2ccccc2)=NN1c1ccccc1. The zero-order chi connectivity index (χ0) is 16.3. The molecule has 1 unspecified atom stereocenters. The number of methoxy groups -OCH3 is 1. The summed E-state index contributed by atoms with van der Waals surface area (Å²) in [5.74, 6) is -0.266. The molecule has 0 aliphatic carbocycles. The number of carbonyl (C=O) groups is 1. The number of carbonyl (C=O) groups excluding carboxylic acids is 1. The highest BCUT2D eigenvalue weighted by molar-refractivity contribution is 6.03. The van der Waals surface area contributed by atoms with E-state index in [0.717, 1.165) is 23.4 Å². The van der Waals surface area contributed by atoms with Crippen LogP contribution in [0.15, 0.2) is 65.8 Å². The topological polar surface area (TPSA) is 41.9 Å². The molecular formula is C19H20N2O2. The second-order valence-corrected chi connectivity index (χ2v) is 5.83. The van der Waals surface area contributed by atoms with E-state index in [4.69, 9.17) is 9.84 Å². The van der Waals surface area contributed by atoms with E-state index in [1.165, 1.54) is 7.11 Å². The monoisotopic (exact) mass is 308 g/mol. The van der Waals surface area contributed by atoms with Crippen LogP contribution in [0.3, 0.4) is 0 Å². The van der Waals surface area contributed by atoms with Crippen molar-refractivity contribution in [3.05, 3.63) is 66.2 Å². The summed E-state index contributed by atoms with van der Waals surface area (Å²) in [6, 6.07) is 19.8. The average Bonchev–Trinajstić information content (AvgIpc) is 2.63. The third-order valence-electron chi connectivity index (χ3n) is 4.27. The Bertz CT molecular complexity index is 713. The molecule has 0 saturated carbocycles. The highest BCUT2D eigenvalue weighted by Gasteiger charge is 2.44. The fraction of sp³-hybridized carbons (Fsp3) is 0.263. The second kappa shape index (κ2) is 6.24. The standard InChI is InChI=1S/C19H20N2O2/c1-19(18(22)23-2)14-13-17(15-9-5-3-6-10-15)20-21(19)16-11-7-4-8-12-16/h3-12H,13-14H2,1-2H3. The molecule has 1 aliphatic heterocycles. The zero-order valence-electron chi connectivity index (χ0n) is 13.4. The van der Waals surface area contributed by atoms with E-state index in [0.29, 0.717) is 6.42 Å². The number of para-hydroxylation sites is 1. The maximum absolute atomic E-state index is 12.4. The lowest BCUT2D eigenvalue weighted by molar-refractivity contribution is -0.146. The Hall–Kier alpha value is -2.62. The number of rotatable bonds is 3. The van der Waals surface area contributed by atoms with Crippen LogP contribution in [-0.4, -0.2) is 24.3 Å². The molecule has 4 heteroatoms. The number of benzene rings is 2. The number of hydrogen-bond acceptors (Lipinski definition) is 4. The van der Waals surface area contributed by atoms with Crippen LogP contribution in [0.4, 0.5) is 5.69 Å². The van der Waals surface area contributed by atoms with Crippen molar-refractivity contribution in [2.45, 2.75) is 25.3 Å². The minimum Gasteiger partial charge on any atom is -0.467 e. The number of hydrogen-bond donors (Lipinski definition) is 0. The average molecular weight is 308 g/mol. The van der Waals surface area contributed by atoms with Crippen LogP contribution in [0.25, 0.3) is 0 Å². The van der Waals surface area contributed by atoms with Gasteiger partial charge < -0.3 is 4.74 Å². The third kappa shape index (κ3) is 2.84. The third-order valence-corrected chi connectivity index (χ3v) is 4.27. The molecule has 118 valence electrons. The number of nitrogens with zero attached hydrogens (tertiary/aromatic N) is 2. The van der Waals surface area contributed by atoms with Crippen molar-refractivity contribution in [2.75, 3.05) is 12.1 Å². The van der Waals surface area contributed by atoms with Crippen molar-refractivity contribution >= 4 is 17.4 Å². The Kier molecular flexibility index (Phi) is 4.15. The molecule has 0 fully saturated rings. The van der Waals surface area contributed by atoms with Gasteiger partial charge in [0.05, 0.1) is 18.5 Å². The smallest absolute Gasteiger partial charge is 0.333 e. The van der Waals surface area contributed by atoms with Crippen molar-refractivity contribution in [1.29, 1.82) is 0 Å². The lowest BCUT2D eigenvalue weighted by Gasteiger charge is -2.40. The van der Waals surface area contributed by atoms with Crippen LogP contribution in [0, 0.1) is 0 Å². The first-order valence-corrected chi connectivity index (χ1v) is 7.72. The van der Waals surface area contributed by atoms with E-state index >= 15 is 0 Å². The fourth-order valence-corrected chi connectivity index (χ4v) is 2.90. The molecule has 0 radical (unpaired) electrons. The van der Waals surface area contributed by atoms with Crippen molar-refractivity contribution in [3.8, 4) is 0 Å². The normalized spacial score (nSPS) is 20.8. The summed E-state index contributed by atoms with van der Waals surface area (Å²) in [5, 5.41) is 6.59. The lowest BCUT2D eigenvalue weighted by atomic mass is 9.89. The van der Waals surface area contributed by atoms with Gasteiger partial charge in [-0.2, -0.15) is 5.10 Å². The van der Waals surface area contributed by atoms with Gasteiger partial charge in [-0.3, -0.25) is 0 Å². The molecule has 1 atom stereocenters. The minimum absolute atomic E-state index is 0.266. The van der Waals surface area contributed by atoms with Crippen molar-refractivity contribution in [1.82, 2.24) is 0 Å². The fourth-order valence-electron chi connectivity index (χ4n) is 2.90. The summed E-state index contributed by atoms with van der Waals surface area (Å²) in [4.78, 5) is 12.4. The summed E-state index contributed by atoms with van der Waals surface area (Å²) in [6.07, 6.45) is 1.39. The van der Waals surface area contributed by atoms with Gasteiger partial charge in [-0.25, -0.2) is 9.80 Å². The van der Waals surface area contributed by atoms with Crippen LogP contribution in [0.5, 0.6) is 0 Å². The first kappa shape index (κ1) is 15.3. The molecular weight excluding hydrogens is 288 g/mol. The largest absolute Gasteiger partial charge is 0.467 e. The highest BCUT2D eigenvalue weighted by atomic mass is 16.5. The van der Waals surface area contributed by atoms with Crippen LogP contribution in [-0.2, 0) is 9.53 Å². The Morgan fingerprint density at radius 2 is 1.70 bits per heavy atom. The van der Waals surface area contributed by atoms with E-state index < -0.39 is 5.54 Å². The van der Waals surface area contributed by atoms with Crippen molar-refractivity contribution in [2.24, 2.45) is 5.10 Å². The van der Waals surface area contributed by atoms with E-state index in [1.807, 2.05) is 67.6 Å². The molecule has 1 aliphatic rings. The van der Waals surface area contributed by atoms with Gasteiger partial charge in [-0.1, -0.05) is 48.5 Å².